The summed E-state index contributed by atoms with van der Waals surface area (Å²) in [5.41, 5.74) is 9.69. The molecule has 0 atom stereocenters. The van der Waals surface area contributed by atoms with Crippen LogP contribution < -0.4 is 5.46 Å². The molecule has 32 heavy (non-hydrogen) atoms. The van der Waals surface area contributed by atoms with Crippen molar-refractivity contribution < 1.29 is 4.65 Å². The summed E-state index contributed by atoms with van der Waals surface area (Å²) < 4.78 is 6.44. The molecule has 1 aliphatic heterocycles. The summed E-state index contributed by atoms with van der Waals surface area (Å²) in [4.78, 5) is 0. The normalized spacial score (nSPS) is 22.5. The van der Waals surface area contributed by atoms with Gasteiger partial charge in [0.05, 0.1) is 5.60 Å². The fourth-order valence-electron chi connectivity index (χ4n) is 5.55. The molecule has 1 nitrogen and oxygen atoms in total. The zero-order valence-electron chi connectivity index (χ0n) is 21.8. The third-order valence-corrected chi connectivity index (χ3v) is 8.92. The zero-order valence-corrected chi connectivity index (χ0v) is 21.8. The van der Waals surface area contributed by atoms with Crippen LogP contribution in [0.2, 0.25) is 6.32 Å². The van der Waals surface area contributed by atoms with E-state index in [0.717, 1.165) is 11.9 Å². The molecule has 0 bridgehead atoms. The van der Waals surface area contributed by atoms with Crippen molar-refractivity contribution in [2.75, 3.05) is 0 Å². The lowest BCUT2D eigenvalue weighted by molar-refractivity contribution is 0.0375. The molecule has 1 aliphatic carbocycles. The summed E-state index contributed by atoms with van der Waals surface area (Å²) in [6.45, 7) is 25.5. The highest BCUT2D eigenvalue weighted by molar-refractivity contribution is 6.68. The summed E-state index contributed by atoms with van der Waals surface area (Å²) in [6, 6.07) is 13.8. The van der Waals surface area contributed by atoms with Crippen molar-refractivity contribution in [2.24, 2.45) is 5.41 Å². The standard InChI is InChI=1S/C30H41BO/c1-20-17-25-26(28(5,6)16-15-27(25,3)4)18-24(20)21(2)22-11-13-23(14-12-22)31-19-29(7,8)30(9,10)32-31/h11-14,17-18H,2,15-16,19H2,1,3-10H3. The lowest BCUT2D eigenvalue weighted by atomic mass is 9.54. The molecular formula is C30H41BO. The Morgan fingerprint density at radius 3 is 1.88 bits per heavy atom. The molecule has 0 spiro atoms. The maximum atomic E-state index is 6.44. The van der Waals surface area contributed by atoms with Crippen molar-refractivity contribution in [2.45, 2.75) is 97.9 Å². The van der Waals surface area contributed by atoms with Crippen molar-refractivity contribution in [1.29, 1.82) is 0 Å². The zero-order chi connectivity index (χ0) is 23.7. The molecule has 1 fully saturated rings. The van der Waals surface area contributed by atoms with Crippen LogP contribution in [0.1, 0.15) is 96.0 Å². The molecular weight excluding hydrogens is 387 g/mol. The van der Waals surface area contributed by atoms with Crippen molar-refractivity contribution in [3.8, 4) is 0 Å². The molecule has 0 aromatic heterocycles. The van der Waals surface area contributed by atoms with Crippen molar-refractivity contribution in [1.82, 2.24) is 0 Å². The van der Waals surface area contributed by atoms with Crippen LogP contribution >= 0.6 is 0 Å². The first kappa shape index (κ1) is 23.4. The van der Waals surface area contributed by atoms with E-state index in [-0.39, 0.29) is 28.8 Å². The van der Waals surface area contributed by atoms with Crippen LogP contribution in [0.25, 0.3) is 5.57 Å². The maximum absolute atomic E-state index is 6.44. The lowest BCUT2D eigenvalue weighted by Gasteiger charge is -2.42. The molecule has 2 aromatic carbocycles. The lowest BCUT2D eigenvalue weighted by Crippen LogP contribution is -2.36. The Balaban J connectivity index is 1.65. The van der Waals surface area contributed by atoms with E-state index in [9.17, 15) is 0 Å². The molecule has 2 aromatic rings. The van der Waals surface area contributed by atoms with E-state index in [1.807, 2.05) is 0 Å². The third-order valence-electron chi connectivity index (χ3n) is 8.92. The van der Waals surface area contributed by atoms with Gasteiger partial charge in [-0.3, -0.25) is 0 Å². The van der Waals surface area contributed by atoms with Crippen LogP contribution in [0.4, 0.5) is 0 Å². The average molecular weight is 428 g/mol. The summed E-state index contributed by atoms with van der Waals surface area (Å²) in [5, 5.41) is 0. The first-order valence-corrected chi connectivity index (χ1v) is 12.3. The fraction of sp³-hybridized carbons (Fsp3) is 0.533. The van der Waals surface area contributed by atoms with Crippen molar-refractivity contribution in [3.05, 3.63) is 70.8 Å². The molecule has 1 saturated heterocycles. The molecule has 1 heterocycles. The van der Waals surface area contributed by atoms with E-state index >= 15 is 0 Å². The second-order valence-corrected chi connectivity index (χ2v) is 12.8. The van der Waals surface area contributed by atoms with Crippen LogP contribution in [0.15, 0.2) is 43.0 Å². The van der Waals surface area contributed by atoms with Crippen LogP contribution in [0, 0.1) is 12.3 Å². The minimum absolute atomic E-state index is 0.110. The molecule has 2 heteroatoms. The summed E-state index contributed by atoms with van der Waals surface area (Å²) in [7, 11) is 0. The first-order chi connectivity index (χ1) is 14.6. The van der Waals surface area contributed by atoms with E-state index in [1.165, 1.54) is 46.1 Å². The van der Waals surface area contributed by atoms with Gasteiger partial charge in [0.1, 0.15) is 0 Å². The maximum Gasteiger partial charge on any atom is 0.327 e. The van der Waals surface area contributed by atoms with Gasteiger partial charge in [0, 0.05) is 0 Å². The van der Waals surface area contributed by atoms with Gasteiger partial charge in [0.2, 0.25) is 0 Å². The van der Waals surface area contributed by atoms with Crippen molar-refractivity contribution >= 4 is 18.0 Å². The predicted octanol–water partition coefficient (Wildman–Crippen LogP) is 7.44. The quantitative estimate of drug-likeness (QED) is 0.462. The SMILES string of the molecule is C=C(c1ccc(B2CC(C)(C)C(C)(C)O2)cc1)c1cc2c(cc1C)C(C)(C)CCC2(C)C. The monoisotopic (exact) mass is 428 g/mol. The third kappa shape index (κ3) is 3.79. The predicted molar refractivity (Wildman–Crippen MR) is 140 cm³/mol. The van der Waals surface area contributed by atoms with E-state index in [2.05, 4.69) is 105 Å². The second kappa shape index (κ2) is 7.35. The molecule has 2 aliphatic rings. The highest BCUT2D eigenvalue weighted by Gasteiger charge is 2.49. The average Bonchev–Trinajstić information content (AvgIpc) is 2.92. The largest absolute Gasteiger partial charge is 0.426 e. The number of fused-ring (bicyclic) bond motifs is 1. The smallest absolute Gasteiger partial charge is 0.327 e. The Morgan fingerprint density at radius 1 is 0.844 bits per heavy atom. The minimum atomic E-state index is -0.110. The van der Waals surface area contributed by atoms with Crippen LogP contribution in [0.5, 0.6) is 0 Å². The van der Waals surface area contributed by atoms with Gasteiger partial charge >= 0.3 is 6.92 Å². The Hall–Kier alpha value is -1.80. The molecule has 0 N–H and O–H groups in total. The Bertz CT molecular complexity index is 1040. The van der Waals surface area contributed by atoms with Gasteiger partial charge in [-0.25, -0.2) is 0 Å². The number of aryl methyl sites for hydroxylation is 1. The molecule has 170 valence electrons. The van der Waals surface area contributed by atoms with Crippen LogP contribution in [-0.4, -0.2) is 12.5 Å². The highest BCUT2D eigenvalue weighted by atomic mass is 16.5. The van der Waals surface area contributed by atoms with Gasteiger partial charge in [-0.05, 0) is 95.0 Å². The van der Waals surface area contributed by atoms with Gasteiger partial charge in [-0.1, -0.05) is 84.5 Å². The molecule has 0 unspecified atom stereocenters. The minimum Gasteiger partial charge on any atom is -0.426 e. The number of hydrogen-bond donors (Lipinski definition) is 0. The molecule has 4 rings (SSSR count). The van der Waals surface area contributed by atoms with Gasteiger partial charge in [-0.2, -0.15) is 0 Å². The fourth-order valence-corrected chi connectivity index (χ4v) is 5.55. The van der Waals surface area contributed by atoms with Gasteiger partial charge in [0.15, 0.2) is 0 Å². The van der Waals surface area contributed by atoms with Crippen LogP contribution in [-0.2, 0) is 15.5 Å². The second-order valence-electron chi connectivity index (χ2n) is 12.8. The Morgan fingerprint density at radius 2 is 1.38 bits per heavy atom. The van der Waals surface area contributed by atoms with E-state index in [4.69, 9.17) is 4.65 Å². The van der Waals surface area contributed by atoms with E-state index < -0.39 is 0 Å². The topological polar surface area (TPSA) is 9.23 Å². The highest BCUT2D eigenvalue weighted by Crippen LogP contribution is 2.48. The molecule has 0 amide bonds. The number of rotatable bonds is 3. The van der Waals surface area contributed by atoms with E-state index in [1.54, 1.807) is 0 Å². The van der Waals surface area contributed by atoms with Gasteiger partial charge in [0.25, 0.3) is 0 Å². The molecule has 0 saturated carbocycles. The Kier molecular flexibility index (Phi) is 5.37. The summed E-state index contributed by atoms with van der Waals surface area (Å²) >= 11 is 0. The summed E-state index contributed by atoms with van der Waals surface area (Å²) in [5.74, 6) is 0. The first-order valence-electron chi connectivity index (χ1n) is 12.3. The van der Waals surface area contributed by atoms with Gasteiger partial charge in [-0.15, -0.1) is 0 Å². The Labute approximate surface area is 196 Å². The van der Waals surface area contributed by atoms with Crippen molar-refractivity contribution in [3.63, 3.8) is 0 Å². The summed E-state index contributed by atoms with van der Waals surface area (Å²) in [6.07, 6.45) is 3.52. The van der Waals surface area contributed by atoms with E-state index in [0.29, 0.717) is 0 Å². The van der Waals surface area contributed by atoms with Gasteiger partial charge < -0.3 is 4.65 Å². The number of hydrogen-bond acceptors (Lipinski definition) is 1. The number of benzene rings is 2. The molecule has 0 radical (unpaired) electrons. The van der Waals surface area contributed by atoms with Crippen LogP contribution in [0.3, 0.4) is 0 Å².